The Balaban J connectivity index is 2.24. The van der Waals surface area contributed by atoms with E-state index in [9.17, 15) is 0 Å². The topological polar surface area (TPSA) is 18.5 Å². The van der Waals surface area contributed by atoms with Gasteiger partial charge in [0.25, 0.3) is 0 Å². The number of hydrogen-bond donors (Lipinski definition) is 0. The van der Waals surface area contributed by atoms with E-state index in [1.165, 1.54) is 0 Å². The van der Waals surface area contributed by atoms with E-state index >= 15 is 0 Å². The highest BCUT2D eigenvalue weighted by Crippen LogP contribution is 2.32. The van der Waals surface area contributed by atoms with Crippen LogP contribution in [-0.2, 0) is 6.61 Å². The van der Waals surface area contributed by atoms with Crippen LogP contribution in [0.15, 0.2) is 45.8 Å². The quantitative estimate of drug-likeness (QED) is 0.653. The molecule has 2 aromatic carbocycles. The second-order valence-electron chi connectivity index (χ2n) is 4.00. The molecule has 2 nitrogen and oxygen atoms in total. The van der Waals surface area contributed by atoms with Gasteiger partial charge in [0.2, 0.25) is 0 Å². The van der Waals surface area contributed by atoms with E-state index in [2.05, 4.69) is 22.0 Å². The maximum absolute atomic E-state index is 5.99. The Morgan fingerprint density at radius 2 is 2.00 bits per heavy atom. The molecule has 0 N–H and O–H groups in total. The molecule has 0 saturated heterocycles. The molecule has 0 aliphatic carbocycles. The van der Waals surface area contributed by atoms with Crippen molar-refractivity contribution in [2.45, 2.75) is 11.5 Å². The van der Waals surface area contributed by atoms with Gasteiger partial charge < -0.3 is 9.47 Å². The van der Waals surface area contributed by atoms with Crippen LogP contribution in [-0.4, -0.2) is 13.4 Å². The van der Waals surface area contributed by atoms with Crippen LogP contribution in [0.1, 0.15) is 5.56 Å². The third kappa shape index (κ3) is 3.62. The molecule has 0 heterocycles. The Bertz CT molecular complexity index is 582. The summed E-state index contributed by atoms with van der Waals surface area (Å²) in [5, 5.41) is 0.647. The van der Waals surface area contributed by atoms with Crippen molar-refractivity contribution in [2.75, 3.05) is 13.4 Å². The number of halogens is 2. The Morgan fingerprint density at radius 1 is 1.20 bits per heavy atom. The van der Waals surface area contributed by atoms with Crippen LogP contribution in [0.2, 0.25) is 5.02 Å². The van der Waals surface area contributed by atoms with Gasteiger partial charge in [-0.05, 0) is 52.5 Å². The van der Waals surface area contributed by atoms with Crippen LogP contribution < -0.4 is 9.47 Å². The van der Waals surface area contributed by atoms with Crippen molar-refractivity contribution >= 4 is 39.3 Å². The number of hydrogen-bond acceptors (Lipinski definition) is 3. The van der Waals surface area contributed by atoms with E-state index in [4.69, 9.17) is 21.1 Å². The average molecular weight is 374 g/mol. The molecule has 0 aromatic heterocycles. The van der Waals surface area contributed by atoms with E-state index in [0.717, 1.165) is 26.4 Å². The van der Waals surface area contributed by atoms with E-state index in [1.807, 2.05) is 30.5 Å². The Kier molecular flexibility index (Phi) is 5.64. The summed E-state index contributed by atoms with van der Waals surface area (Å²) in [7, 11) is 1.66. The maximum atomic E-state index is 5.99. The van der Waals surface area contributed by atoms with Gasteiger partial charge in [-0.25, -0.2) is 0 Å². The van der Waals surface area contributed by atoms with Crippen molar-refractivity contribution in [3.05, 3.63) is 51.5 Å². The summed E-state index contributed by atoms with van der Waals surface area (Å²) >= 11 is 11.1. The zero-order chi connectivity index (χ0) is 14.5. The lowest BCUT2D eigenvalue weighted by Gasteiger charge is -2.14. The lowest BCUT2D eigenvalue weighted by molar-refractivity contribution is 0.291. The van der Waals surface area contributed by atoms with Gasteiger partial charge in [0.1, 0.15) is 18.1 Å². The van der Waals surface area contributed by atoms with Gasteiger partial charge in [0, 0.05) is 15.5 Å². The minimum Gasteiger partial charge on any atom is -0.496 e. The maximum Gasteiger partial charge on any atom is 0.135 e. The van der Waals surface area contributed by atoms with E-state index in [-0.39, 0.29) is 0 Å². The van der Waals surface area contributed by atoms with Crippen LogP contribution in [0.3, 0.4) is 0 Å². The second-order valence-corrected chi connectivity index (χ2v) is 6.14. The molecule has 2 aromatic rings. The summed E-state index contributed by atoms with van der Waals surface area (Å²) < 4.78 is 12.1. The Labute approximate surface area is 136 Å². The molecule has 0 aliphatic rings. The van der Waals surface area contributed by atoms with Crippen molar-refractivity contribution in [1.29, 1.82) is 0 Å². The fourth-order valence-electron chi connectivity index (χ4n) is 1.81. The molecule has 0 radical (unpaired) electrons. The molecule has 0 aliphatic heterocycles. The van der Waals surface area contributed by atoms with Crippen molar-refractivity contribution in [3.8, 4) is 11.5 Å². The fraction of sp³-hybridized carbons (Fsp3) is 0.200. The van der Waals surface area contributed by atoms with Crippen molar-refractivity contribution in [1.82, 2.24) is 0 Å². The van der Waals surface area contributed by atoms with Gasteiger partial charge in [-0.15, -0.1) is 11.8 Å². The van der Waals surface area contributed by atoms with Crippen molar-refractivity contribution in [3.63, 3.8) is 0 Å². The molecule has 0 bridgehead atoms. The van der Waals surface area contributed by atoms with E-state index < -0.39 is 0 Å². The summed E-state index contributed by atoms with van der Waals surface area (Å²) in [5.74, 6) is 1.55. The molecule has 0 unspecified atom stereocenters. The first-order valence-corrected chi connectivity index (χ1v) is 8.33. The van der Waals surface area contributed by atoms with E-state index in [1.54, 1.807) is 24.9 Å². The highest BCUT2D eigenvalue weighted by atomic mass is 79.9. The summed E-state index contributed by atoms with van der Waals surface area (Å²) in [6.45, 7) is 0.430. The highest BCUT2D eigenvalue weighted by molar-refractivity contribution is 9.10. The summed E-state index contributed by atoms with van der Waals surface area (Å²) in [4.78, 5) is 1.14. The molecule has 0 saturated carbocycles. The monoisotopic (exact) mass is 372 g/mol. The lowest BCUT2D eigenvalue weighted by Crippen LogP contribution is -2.01. The Morgan fingerprint density at radius 3 is 2.70 bits per heavy atom. The summed E-state index contributed by atoms with van der Waals surface area (Å²) in [6.07, 6.45) is 2.04. The number of thioether (sulfide) groups is 1. The summed E-state index contributed by atoms with van der Waals surface area (Å²) in [5.41, 5.74) is 1.04. The third-order valence-electron chi connectivity index (χ3n) is 2.80. The van der Waals surface area contributed by atoms with Crippen LogP contribution >= 0.6 is 39.3 Å². The summed E-state index contributed by atoms with van der Waals surface area (Å²) in [6, 6.07) is 11.4. The fourth-order valence-corrected chi connectivity index (χ4v) is 2.95. The Hall–Kier alpha value is -0.840. The molecule has 0 amide bonds. The standard InChI is InChI=1S/C15H14BrClO2S/c1-18-13-4-3-5-15(20-2)11(13)9-19-14-8-10(17)6-7-12(14)16/h3-8H,9H2,1-2H3. The van der Waals surface area contributed by atoms with E-state index in [0.29, 0.717) is 11.6 Å². The van der Waals surface area contributed by atoms with Crippen LogP contribution in [0.4, 0.5) is 0 Å². The molecule has 0 fully saturated rings. The number of ether oxygens (including phenoxy) is 2. The molecular weight excluding hydrogens is 360 g/mol. The first-order chi connectivity index (χ1) is 9.65. The number of methoxy groups -OCH3 is 1. The molecule has 0 atom stereocenters. The second kappa shape index (κ2) is 7.25. The molecular formula is C15H14BrClO2S. The zero-order valence-corrected chi connectivity index (χ0v) is 14.3. The number of benzene rings is 2. The highest BCUT2D eigenvalue weighted by Gasteiger charge is 2.10. The normalized spacial score (nSPS) is 10.4. The first kappa shape index (κ1) is 15.5. The predicted molar refractivity (Wildman–Crippen MR) is 88.3 cm³/mol. The molecule has 0 spiro atoms. The number of rotatable bonds is 5. The largest absolute Gasteiger partial charge is 0.496 e. The van der Waals surface area contributed by atoms with Crippen molar-refractivity contribution in [2.24, 2.45) is 0 Å². The minimum atomic E-state index is 0.430. The van der Waals surface area contributed by atoms with Crippen LogP contribution in [0.25, 0.3) is 0 Å². The molecule has 5 heteroatoms. The molecule has 20 heavy (non-hydrogen) atoms. The zero-order valence-electron chi connectivity index (χ0n) is 11.2. The van der Waals surface area contributed by atoms with Crippen LogP contribution in [0.5, 0.6) is 11.5 Å². The SMILES string of the molecule is COc1cccc(SC)c1COc1cc(Cl)ccc1Br. The van der Waals surface area contributed by atoms with Gasteiger partial charge in [-0.1, -0.05) is 17.7 Å². The first-order valence-electron chi connectivity index (χ1n) is 5.93. The van der Waals surface area contributed by atoms with Gasteiger partial charge in [0.15, 0.2) is 0 Å². The van der Waals surface area contributed by atoms with Gasteiger partial charge in [0.05, 0.1) is 11.6 Å². The molecule has 2 rings (SSSR count). The average Bonchev–Trinajstić information content (AvgIpc) is 2.47. The van der Waals surface area contributed by atoms with Gasteiger partial charge >= 0.3 is 0 Å². The molecule has 106 valence electrons. The van der Waals surface area contributed by atoms with Crippen LogP contribution in [0, 0.1) is 0 Å². The van der Waals surface area contributed by atoms with Gasteiger partial charge in [-0.2, -0.15) is 0 Å². The smallest absolute Gasteiger partial charge is 0.135 e. The minimum absolute atomic E-state index is 0.430. The lowest BCUT2D eigenvalue weighted by atomic mass is 10.2. The van der Waals surface area contributed by atoms with Gasteiger partial charge in [-0.3, -0.25) is 0 Å². The third-order valence-corrected chi connectivity index (χ3v) is 4.51. The van der Waals surface area contributed by atoms with Crippen molar-refractivity contribution < 1.29 is 9.47 Å². The predicted octanol–water partition coefficient (Wildman–Crippen LogP) is 5.41.